The lowest BCUT2D eigenvalue weighted by atomic mass is 10.2. The van der Waals surface area contributed by atoms with Crippen LogP contribution in [0, 0.1) is 0 Å². The first-order valence-corrected chi connectivity index (χ1v) is 7.73. The summed E-state index contributed by atoms with van der Waals surface area (Å²) < 4.78 is 2.02. The van der Waals surface area contributed by atoms with Crippen LogP contribution in [0.25, 0.3) is 11.0 Å². The highest BCUT2D eigenvalue weighted by atomic mass is 32.1. The van der Waals surface area contributed by atoms with Crippen LogP contribution in [0.1, 0.15) is 21.7 Å². The molecule has 0 saturated heterocycles. The van der Waals surface area contributed by atoms with Gasteiger partial charge < -0.3 is 9.88 Å². The standard InChI is InChI=1S/C15H16N4S/c1-19-9-18-14-12(19)5-6-16-15(14)17-8-11-7-10-3-2-4-13(10)20-11/h5-7,9H,2-4,8H2,1H3,(H,16,17). The molecule has 0 saturated carbocycles. The number of hydrogen-bond acceptors (Lipinski definition) is 4. The van der Waals surface area contributed by atoms with Gasteiger partial charge in [-0.1, -0.05) is 0 Å². The van der Waals surface area contributed by atoms with Crippen molar-refractivity contribution in [2.75, 3.05) is 5.32 Å². The first-order valence-electron chi connectivity index (χ1n) is 6.91. The van der Waals surface area contributed by atoms with Gasteiger partial charge in [-0.3, -0.25) is 0 Å². The molecule has 1 aliphatic carbocycles. The predicted molar refractivity (Wildman–Crippen MR) is 82.2 cm³/mol. The highest BCUT2D eigenvalue weighted by molar-refractivity contribution is 7.12. The molecule has 3 heterocycles. The van der Waals surface area contributed by atoms with Gasteiger partial charge in [0, 0.05) is 23.0 Å². The molecule has 0 aromatic carbocycles. The molecule has 0 fully saturated rings. The number of pyridine rings is 1. The number of hydrogen-bond donors (Lipinski definition) is 1. The Morgan fingerprint density at radius 1 is 1.35 bits per heavy atom. The van der Waals surface area contributed by atoms with Crippen molar-refractivity contribution in [3.8, 4) is 0 Å². The fourth-order valence-corrected chi connectivity index (χ4v) is 4.04. The molecule has 0 bridgehead atoms. The summed E-state index contributed by atoms with van der Waals surface area (Å²) in [7, 11) is 2.00. The largest absolute Gasteiger partial charge is 0.363 e. The molecule has 0 amide bonds. The van der Waals surface area contributed by atoms with Crippen LogP contribution >= 0.6 is 11.3 Å². The van der Waals surface area contributed by atoms with Gasteiger partial charge in [0.05, 0.1) is 18.4 Å². The average Bonchev–Trinajstić information content (AvgIpc) is 3.11. The minimum absolute atomic E-state index is 0.834. The van der Waals surface area contributed by atoms with Gasteiger partial charge in [0.25, 0.3) is 0 Å². The van der Waals surface area contributed by atoms with Crippen LogP contribution in [0.5, 0.6) is 0 Å². The van der Waals surface area contributed by atoms with E-state index in [2.05, 4.69) is 21.4 Å². The third-order valence-corrected chi connectivity index (χ3v) is 5.11. The minimum Gasteiger partial charge on any atom is -0.363 e. The molecule has 0 atom stereocenters. The van der Waals surface area contributed by atoms with Crippen molar-refractivity contribution in [3.05, 3.63) is 40.0 Å². The molecule has 3 aromatic heterocycles. The van der Waals surface area contributed by atoms with E-state index in [0.717, 1.165) is 23.4 Å². The first-order chi connectivity index (χ1) is 9.81. The average molecular weight is 284 g/mol. The van der Waals surface area contributed by atoms with Gasteiger partial charge in [-0.25, -0.2) is 9.97 Å². The number of rotatable bonds is 3. The van der Waals surface area contributed by atoms with E-state index in [1.807, 2.05) is 41.5 Å². The van der Waals surface area contributed by atoms with Crippen molar-refractivity contribution in [1.29, 1.82) is 0 Å². The fourth-order valence-electron chi connectivity index (χ4n) is 2.84. The van der Waals surface area contributed by atoms with Gasteiger partial charge in [0.15, 0.2) is 5.82 Å². The Hall–Kier alpha value is -1.88. The van der Waals surface area contributed by atoms with Gasteiger partial charge >= 0.3 is 0 Å². The maximum atomic E-state index is 4.42. The third-order valence-electron chi connectivity index (χ3n) is 3.87. The van der Waals surface area contributed by atoms with Gasteiger partial charge in [-0.15, -0.1) is 11.3 Å². The second-order valence-corrected chi connectivity index (χ2v) is 6.47. The molecule has 1 aliphatic rings. The van der Waals surface area contributed by atoms with Crippen LogP contribution in [0.3, 0.4) is 0 Å². The molecular formula is C15H16N4S. The van der Waals surface area contributed by atoms with Crippen LogP contribution in [-0.2, 0) is 26.4 Å². The molecule has 102 valence electrons. The summed E-state index contributed by atoms with van der Waals surface area (Å²) in [6, 6.07) is 4.34. The molecule has 4 rings (SSSR count). The van der Waals surface area contributed by atoms with Crippen molar-refractivity contribution < 1.29 is 0 Å². The summed E-state index contributed by atoms with van der Waals surface area (Å²) in [5, 5.41) is 3.43. The zero-order chi connectivity index (χ0) is 13.5. The zero-order valence-electron chi connectivity index (χ0n) is 11.4. The SMILES string of the molecule is Cn1cnc2c(NCc3cc4c(s3)CCC4)nccc21. The molecule has 0 unspecified atom stereocenters. The molecule has 5 heteroatoms. The minimum atomic E-state index is 0.834. The highest BCUT2D eigenvalue weighted by Gasteiger charge is 2.15. The second kappa shape index (κ2) is 4.59. The van der Waals surface area contributed by atoms with E-state index in [4.69, 9.17) is 0 Å². The van der Waals surface area contributed by atoms with Crippen LogP contribution in [0.15, 0.2) is 24.7 Å². The maximum Gasteiger partial charge on any atom is 0.154 e. The number of aryl methyl sites for hydroxylation is 3. The molecule has 3 aromatic rings. The Kier molecular flexibility index (Phi) is 2.73. The Labute approximate surface area is 121 Å². The molecular weight excluding hydrogens is 268 g/mol. The zero-order valence-corrected chi connectivity index (χ0v) is 12.2. The summed E-state index contributed by atoms with van der Waals surface area (Å²) >= 11 is 1.94. The molecule has 0 spiro atoms. The highest BCUT2D eigenvalue weighted by Crippen LogP contribution is 2.31. The van der Waals surface area contributed by atoms with Crippen LogP contribution < -0.4 is 5.32 Å². The van der Waals surface area contributed by atoms with E-state index in [1.54, 1.807) is 10.4 Å². The van der Waals surface area contributed by atoms with Gasteiger partial charge in [0.1, 0.15) is 5.52 Å². The third kappa shape index (κ3) is 1.89. The van der Waals surface area contributed by atoms with E-state index >= 15 is 0 Å². The number of fused-ring (bicyclic) bond motifs is 2. The van der Waals surface area contributed by atoms with E-state index in [9.17, 15) is 0 Å². The summed E-state index contributed by atoms with van der Waals surface area (Å²) in [5.74, 6) is 0.872. The van der Waals surface area contributed by atoms with Gasteiger partial charge in [0.2, 0.25) is 0 Å². The molecule has 0 aliphatic heterocycles. The number of thiophene rings is 1. The fraction of sp³-hybridized carbons (Fsp3) is 0.333. The van der Waals surface area contributed by atoms with Gasteiger partial charge in [-0.2, -0.15) is 0 Å². The number of nitrogens with zero attached hydrogens (tertiary/aromatic N) is 3. The Balaban J connectivity index is 1.58. The summed E-state index contributed by atoms with van der Waals surface area (Å²) in [4.78, 5) is 11.8. The lowest BCUT2D eigenvalue weighted by Gasteiger charge is -2.05. The smallest absolute Gasteiger partial charge is 0.154 e. The first kappa shape index (κ1) is 11.9. The summed E-state index contributed by atoms with van der Waals surface area (Å²) in [6.07, 6.45) is 7.50. The van der Waals surface area contributed by atoms with Crippen LogP contribution in [0.4, 0.5) is 5.82 Å². The normalized spacial score (nSPS) is 13.8. The Morgan fingerprint density at radius 2 is 2.30 bits per heavy atom. The monoisotopic (exact) mass is 284 g/mol. The van der Waals surface area contributed by atoms with Crippen molar-refractivity contribution in [3.63, 3.8) is 0 Å². The second-order valence-electron chi connectivity index (χ2n) is 5.25. The lowest BCUT2D eigenvalue weighted by Crippen LogP contribution is -2.00. The van der Waals surface area contributed by atoms with Crippen molar-refractivity contribution in [2.24, 2.45) is 7.05 Å². The van der Waals surface area contributed by atoms with E-state index in [-0.39, 0.29) is 0 Å². The summed E-state index contributed by atoms with van der Waals surface area (Å²) in [5.41, 5.74) is 3.60. The van der Waals surface area contributed by atoms with E-state index in [1.165, 1.54) is 24.1 Å². The molecule has 1 N–H and O–H groups in total. The Bertz CT molecular complexity index is 750. The topological polar surface area (TPSA) is 42.7 Å². The molecule has 20 heavy (non-hydrogen) atoms. The quantitative estimate of drug-likeness (QED) is 0.803. The van der Waals surface area contributed by atoms with E-state index < -0.39 is 0 Å². The van der Waals surface area contributed by atoms with Crippen molar-refractivity contribution in [1.82, 2.24) is 14.5 Å². The number of imidazole rings is 1. The molecule has 4 nitrogen and oxygen atoms in total. The predicted octanol–water partition coefficient (Wildman–Crippen LogP) is 3.13. The Morgan fingerprint density at radius 3 is 3.20 bits per heavy atom. The van der Waals surface area contributed by atoms with E-state index in [0.29, 0.717) is 0 Å². The van der Waals surface area contributed by atoms with Crippen molar-refractivity contribution in [2.45, 2.75) is 25.8 Å². The van der Waals surface area contributed by atoms with Crippen molar-refractivity contribution >= 4 is 28.2 Å². The number of anilines is 1. The lowest BCUT2D eigenvalue weighted by molar-refractivity contribution is 0.913. The van der Waals surface area contributed by atoms with Crippen LogP contribution in [0.2, 0.25) is 0 Å². The van der Waals surface area contributed by atoms with Gasteiger partial charge in [-0.05, 0) is 37.0 Å². The van der Waals surface area contributed by atoms with Crippen LogP contribution in [-0.4, -0.2) is 14.5 Å². The number of aromatic nitrogens is 3. The number of nitrogens with one attached hydrogen (secondary N) is 1. The summed E-state index contributed by atoms with van der Waals surface area (Å²) in [6.45, 7) is 0.834. The maximum absolute atomic E-state index is 4.42. The molecule has 0 radical (unpaired) electrons.